The Kier molecular flexibility index (Phi) is 14.5. The number of rotatable bonds is 0. The number of ether oxygens (including phenoxy) is 6. The van der Waals surface area contributed by atoms with E-state index >= 15 is 0 Å². The van der Waals surface area contributed by atoms with Crippen molar-refractivity contribution in [1.82, 2.24) is 0 Å². The van der Waals surface area contributed by atoms with E-state index in [0.717, 1.165) is 32.5 Å². The van der Waals surface area contributed by atoms with Crippen molar-refractivity contribution in [2.45, 2.75) is 19.3 Å². The van der Waals surface area contributed by atoms with Gasteiger partial charge in [0.2, 0.25) is 0 Å². The molecule has 1 aliphatic rings. The van der Waals surface area contributed by atoms with Crippen LogP contribution in [0.1, 0.15) is 19.3 Å². The van der Waals surface area contributed by atoms with Gasteiger partial charge in [-0.3, -0.25) is 0 Å². The van der Waals surface area contributed by atoms with Crippen LogP contribution in [0.2, 0.25) is 0 Å². The van der Waals surface area contributed by atoms with E-state index in [0.29, 0.717) is 66.1 Å². The molecule has 0 amide bonds. The molecule has 126 valence electrons. The van der Waals surface area contributed by atoms with Crippen LogP contribution in [-0.2, 0) is 28.4 Å². The summed E-state index contributed by atoms with van der Waals surface area (Å²) in [6.07, 6.45) is 3.27. The second-order valence-electron chi connectivity index (χ2n) is 4.73. The van der Waals surface area contributed by atoms with E-state index in [-0.39, 0.29) is 0 Å². The van der Waals surface area contributed by atoms with Crippen LogP contribution in [-0.4, -0.2) is 79.3 Å². The second kappa shape index (κ2) is 16.1. The highest BCUT2D eigenvalue weighted by molar-refractivity contribution is 4.42. The second-order valence-corrected chi connectivity index (χ2v) is 4.73. The van der Waals surface area contributed by atoms with Crippen LogP contribution in [0.25, 0.3) is 0 Å². The third-order valence-electron chi connectivity index (χ3n) is 2.94. The van der Waals surface area contributed by atoms with Gasteiger partial charge in [-0.2, -0.15) is 0 Å². The van der Waals surface area contributed by atoms with Gasteiger partial charge in [-0.05, 0) is 19.3 Å². The summed E-state index contributed by atoms with van der Waals surface area (Å²) in [5.74, 6) is 0. The van der Waals surface area contributed by atoms with E-state index in [4.69, 9.17) is 28.4 Å². The smallest absolute Gasteiger partial charge is 0.0701 e. The van der Waals surface area contributed by atoms with Crippen LogP contribution in [0.3, 0.4) is 0 Å². The summed E-state index contributed by atoms with van der Waals surface area (Å²) in [6.45, 7) is 7.70. The third kappa shape index (κ3) is 14.5. The van der Waals surface area contributed by atoms with Gasteiger partial charge in [0.25, 0.3) is 0 Å². The Hall–Kier alpha value is -0.240. The zero-order valence-electron chi connectivity index (χ0n) is 13.1. The molecule has 6 heteroatoms. The van der Waals surface area contributed by atoms with Crippen molar-refractivity contribution in [2.24, 2.45) is 0 Å². The molecular weight excluding hydrogens is 276 g/mol. The topological polar surface area (TPSA) is 55.4 Å². The van der Waals surface area contributed by atoms with Crippen molar-refractivity contribution < 1.29 is 28.4 Å². The molecule has 0 radical (unpaired) electrons. The maximum Gasteiger partial charge on any atom is 0.0701 e. The first-order chi connectivity index (χ1) is 10.5. The molecule has 1 rings (SSSR count). The van der Waals surface area contributed by atoms with E-state index in [2.05, 4.69) is 0 Å². The van der Waals surface area contributed by atoms with E-state index in [1.54, 1.807) is 0 Å². The van der Waals surface area contributed by atoms with Crippen molar-refractivity contribution in [3.63, 3.8) is 0 Å². The average Bonchev–Trinajstić information content (AvgIpc) is 2.50. The Balaban J connectivity index is 2.00. The molecule has 0 spiro atoms. The van der Waals surface area contributed by atoms with Gasteiger partial charge in [-0.25, -0.2) is 0 Å². The van der Waals surface area contributed by atoms with Crippen LogP contribution in [0, 0.1) is 0 Å². The lowest BCUT2D eigenvalue weighted by Gasteiger charge is -2.07. The quantitative estimate of drug-likeness (QED) is 0.672. The summed E-state index contributed by atoms with van der Waals surface area (Å²) in [6, 6.07) is 0. The van der Waals surface area contributed by atoms with Crippen molar-refractivity contribution in [3.05, 3.63) is 0 Å². The van der Waals surface area contributed by atoms with Gasteiger partial charge in [0.15, 0.2) is 0 Å². The van der Waals surface area contributed by atoms with Crippen molar-refractivity contribution in [1.29, 1.82) is 0 Å². The van der Waals surface area contributed by atoms with Crippen LogP contribution < -0.4 is 0 Å². The van der Waals surface area contributed by atoms with Crippen molar-refractivity contribution in [3.8, 4) is 0 Å². The summed E-state index contributed by atoms with van der Waals surface area (Å²) in [7, 11) is 0. The largest absolute Gasteiger partial charge is 0.379 e. The Bertz CT molecular complexity index is 110. The van der Waals surface area contributed by atoms with Crippen LogP contribution in [0.15, 0.2) is 0 Å². The van der Waals surface area contributed by atoms with Gasteiger partial charge in [-0.1, -0.05) is 0 Å². The van der Waals surface area contributed by atoms with Gasteiger partial charge in [0.05, 0.1) is 66.1 Å². The normalized spacial score (nSPS) is 24.0. The first-order valence-electron chi connectivity index (χ1n) is 7.96. The summed E-state index contributed by atoms with van der Waals surface area (Å²) in [4.78, 5) is 0. The zero-order valence-corrected chi connectivity index (χ0v) is 13.1. The number of hydrogen-bond donors (Lipinski definition) is 0. The van der Waals surface area contributed by atoms with Gasteiger partial charge in [0, 0.05) is 13.2 Å². The van der Waals surface area contributed by atoms with Gasteiger partial charge < -0.3 is 28.4 Å². The molecule has 0 bridgehead atoms. The minimum Gasteiger partial charge on any atom is -0.379 e. The zero-order chi connectivity index (χ0) is 14.8. The standard InChI is InChI=1S/C15H30O6/c1-2-4-16-6-8-18-10-12-20-14-15-21-13-11-19-9-7-17-5-3-1/h1-15H2. The van der Waals surface area contributed by atoms with E-state index < -0.39 is 0 Å². The summed E-state index contributed by atoms with van der Waals surface area (Å²) >= 11 is 0. The van der Waals surface area contributed by atoms with Crippen molar-refractivity contribution in [2.75, 3.05) is 79.3 Å². The minimum atomic E-state index is 0.586. The first-order valence-corrected chi connectivity index (χ1v) is 7.96. The van der Waals surface area contributed by atoms with E-state index in [1.807, 2.05) is 0 Å². The van der Waals surface area contributed by atoms with Gasteiger partial charge in [0.1, 0.15) is 0 Å². The Morgan fingerprint density at radius 2 is 0.476 bits per heavy atom. The fourth-order valence-electron chi connectivity index (χ4n) is 1.79. The molecule has 0 saturated carbocycles. The molecule has 0 aromatic carbocycles. The Morgan fingerprint density at radius 1 is 0.238 bits per heavy atom. The predicted octanol–water partition coefficient (Wildman–Crippen LogP) is 1.27. The lowest BCUT2D eigenvalue weighted by molar-refractivity contribution is -0.0156. The molecule has 0 N–H and O–H groups in total. The van der Waals surface area contributed by atoms with Gasteiger partial charge >= 0.3 is 0 Å². The monoisotopic (exact) mass is 306 g/mol. The highest BCUT2D eigenvalue weighted by Crippen LogP contribution is 1.97. The molecule has 6 nitrogen and oxygen atoms in total. The van der Waals surface area contributed by atoms with Crippen LogP contribution in [0.4, 0.5) is 0 Å². The third-order valence-corrected chi connectivity index (χ3v) is 2.94. The molecule has 1 heterocycles. The maximum absolute atomic E-state index is 5.49. The van der Waals surface area contributed by atoms with Crippen molar-refractivity contribution >= 4 is 0 Å². The number of hydrogen-bond acceptors (Lipinski definition) is 6. The van der Waals surface area contributed by atoms with Crippen LogP contribution >= 0.6 is 0 Å². The summed E-state index contributed by atoms with van der Waals surface area (Å²) in [5, 5.41) is 0. The first kappa shape index (κ1) is 18.8. The van der Waals surface area contributed by atoms with Gasteiger partial charge in [-0.15, -0.1) is 0 Å². The lowest BCUT2D eigenvalue weighted by atomic mass is 10.2. The molecule has 0 aromatic rings. The molecule has 1 saturated heterocycles. The lowest BCUT2D eigenvalue weighted by Crippen LogP contribution is -2.14. The molecular formula is C15H30O6. The highest BCUT2D eigenvalue weighted by Gasteiger charge is 1.96. The molecule has 0 aliphatic carbocycles. The molecule has 0 atom stereocenters. The van der Waals surface area contributed by atoms with E-state index in [1.165, 1.54) is 0 Å². The minimum absolute atomic E-state index is 0.586. The maximum atomic E-state index is 5.49. The molecule has 1 fully saturated rings. The Morgan fingerprint density at radius 3 is 0.762 bits per heavy atom. The van der Waals surface area contributed by atoms with Crippen LogP contribution in [0.5, 0.6) is 0 Å². The van der Waals surface area contributed by atoms with E-state index in [9.17, 15) is 0 Å². The fourth-order valence-corrected chi connectivity index (χ4v) is 1.79. The molecule has 0 unspecified atom stereocenters. The predicted molar refractivity (Wildman–Crippen MR) is 78.8 cm³/mol. The Labute approximate surface area is 128 Å². The summed E-state index contributed by atoms with van der Waals surface area (Å²) in [5.41, 5.74) is 0. The molecule has 21 heavy (non-hydrogen) atoms. The summed E-state index contributed by atoms with van der Waals surface area (Å²) < 4.78 is 32.5. The molecule has 0 aromatic heterocycles. The fraction of sp³-hybridized carbons (Fsp3) is 1.00. The SMILES string of the molecule is C1CCOCCOCCOCCOCCOCCOCC1. The highest BCUT2D eigenvalue weighted by atomic mass is 16.6. The molecule has 1 aliphatic heterocycles. The average molecular weight is 306 g/mol.